The molecule has 0 saturated carbocycles. The van der Waals surface area contributed by atoms with E-state index in [1.807, 2.05) is 24.3 Å². The monoisotopic (exact) mass is 328 g/mol. The molecular formula is C18H17FN2O3. The first-order valence-electron chi connectivity index (χ1n) is 7.62. The molecule has 0 atom stereocenters. The SMILES string of the molecule is Cc1cc(C(=O)NCc2cccc(N3CCOC3=O)c2)ccc1F. The molecule has 1 fully saturated rings. The highest BCUT2D eigenvalue weighted by Gasteiger charge is 2.23. The number of halogens is 1. The smallest absolute Gasteiger partial charge is 0.414 e. The number of carbonyl (C=O) groups excluding carboxylic acids is 2. The average molecular weight is 328 g/mol. The number of rotatable bonds is 4. The van der Waals surface area contributed by atoms with Crippen LogP contribution >= 0.6 is 0 Å². The highest BCUT2D eigenvalue weighted by Crippen LogP contribution is 2.20. The van der Waals surface area contributed by atoms with Crippen molar-refractivity contribution in [1.29, 1.82) is 0 Å². The standard InChI is InChI=1S/C18H17FN2O3/c1-12-9-14(5-6-16(12)19)17(22)20-11-13-3-2-4-15(10-13)21-7-8-24-18(21)23/h2-6,9-10H,7-8,11H2,1H3,(H,20,22). The predicted octanol–water partition coefficient (Wildman–Crippen LogP) is 3.02. The molecule has 0 radical (unpaired) electrons. The van der Waals surface area contributed by atoms with E-state index in [1.54, 1.807) is 11.8 Å². The maximum atomic E-state index is 13.3. The lowest BCUT2D eigenvalue weighted by atomic mass is 10.1. The molecule has 2 aromatic rings. The van der Waals surface area contributed by atoms with E-state index in [2.05, 4.69) is 5.32 Å². The first-order valence-corrected chi connectivity index (χ1v) is 7.62. The molecule has 1 saturated heterocycles. The molecule has 24 heavy (non-hydrogen) atoms. The Bertz CT molecular complexity index is 792. The molecule has 1 N–H and O–H groups in total. The molecule has 0 unspecified atom stereocenters. The number of cyclic esters (lactones) is 1. The van der Waals surface area contributed by atoms with Crippen LogP contribution in [0, 0.1) is 12.7 Å². The Morgan fingerprint density at radius 1 is 1.29 bits per heavy atom. The lowest BCUT2D eigenvalue weighted by Crippen LogP contribution is -2.25. The van der Waals surface area contributed by atoms with Gasteiger partial charge in [0.1, 0.15) is 12.4 Å². The number of anilines is 1. The fraction of sp³-hybridized carbons (Fsp3) is 0.222. The summed E-state index contributed by atoms with van der Waals surface area (Å²) in [6, 6.07) is 11.6. The van der Waals surface area contributed by atoms with Crippen molar-refractivity contribution in [3.63, 3.8) is 0 Å². The Labute approximate surface area is 139 Å². The van der Waals surface area contributed by atoms with Gasteiger partial charge in [-0.15, -0.1) is 0 Å². The van der Waals surface area contributed by atoms with E-state index < -0.39 is 0 Å². The van der Waals surface area contributed by atoms with E-state index >= 15 is 0 Å². The molecule has 1 heterocycles. The number of ether oxygens (including phenoxy) is 1. The van der Waals surface area contributed by atoms with Crippen LogP contribution in [-0.4, -0.2) is 25.2 Å². The zero-order valence-electron chi connectivity index (χ0n) is 13.2. The Balaban J connectivity index is 1.67. The molecule has 6 heteroatoms. The topological polar surface area (TPSA) is 58.6 Å². The van der Waals surface area contributed by atoms with Gasteiger partial charge in [0, 0.05) is 17.8 Å². The summed E-state index contributed by atoms with van der Waals surface area (Å²) < 4.78 is 18.2. The van der Waals surface area contributed by atoms with Gasteiger partial charge in [-0.25, -0.2) is 9.18 Å². The maximum Gasteiger partial charge on any atom is 0.414 e. The summed E-state index contributed by atoms with van der Waals surface area (Å²) in [5, 5.41) is 2.79. The van der Waals surface area contributed by atoms with Crippen molar-refractivity contribution in [3.05, 3.63) is 65.0 Å². The molecule has 0 spiro atoms. The van der Waals surface area contributed by atoms with Gasteiger partial charge in [-0.1, -0.05) is 12.1 Å². The summed E-state index contributed by atoms with van der Waals surface area (Å²) in [5.74, 6) is -0.610. The van der Waals surface area contributed by atoms with Gasteiger partial charge < -0.3 is 10.1 Å². The molecule has 2 amide bonds. The highest BCUT2D eigenvalue weighted by atomic mass is 19.1. The van der Waals surface area contributed by atoms with E-state index in [4.69, 9.17) is 4.74 Å². The molecular weight excluding hydrogens is 311 g/mol. The van der Waals surface area contributed by atoms with Crippen molar-refractivity contribution in [1.82, 2.24) is 5.32 Å². The predicted molar refractivity (Wildman–Crippen MR) is 87.4 cm³/mol. The molecule has 2 aromatic carbocycles. The second-order valence-electron chi connectivity index (χ2n) is 5.58. The number of hydrogen-bond donors (Lipinski definition) is 1. The van der Waals surface area contributed by atoms with Crippen molar-refractivity contribution in [3.8, 4) is 0 Å². The van der Waals surface area contributed by atoms with Gasteiger partial charge >= 0.3 is 6.09 Å². The van der Waals surface area contributed by atoms with Gasteiger partial charge in [0.05, 0.1) is 6.54 Å². The van der Waals surface area contributed by atoms with Crippen molar-refractivity contribution < 1.29 is 18.7 Å². The molecule has 124 valence electrons. The van der Waals surface area contributed by atoms with Crippen molar-refractivity contribution >= 4 is 17.7 Å². The van der Waals surface area contributed by atoms with Crippen LogP contribution in [0.1, 0.15) is 21.5 Å². The summed E-state index contributed by atoms with van der Waals surface area (Å²) in [5.41, 5.74) is 2.44. The number of amides is 2. The van der Waals surface area contributed by atoms with Crippen LogP contribution in [-0.2, 0) is 11.3 Å². The lowest BCUT2D eigenvalue weighted by molar-refractivity contribution is 0.0950. The Hall–Kier alpha value is -2.89. The number of benzene rings is 2. The van der Waals surface area contributed by atoms with Gasteiger partial charge in [-0.05, 0) is 48.4 Å². The Morgan fingerprint density at radius 3 is 2.83 bits per heavy atom. The minimum absolute atomic E-state index is 0.274. The minimum Gasteiger partial charge on any atom is -0.447 e. The van der Waals surface area contributed by atoms with Gasteiger partial charge in [0.2, 0.25) is 0 Å². The van der Waals surface area contributed by atoms with E-state index in [0.717, 1.165) is 11.3 Å². The van der Waals surface area contributed by atoms with Gasteiger partial charge in [0.25, 0.3) is 5.91 Å². The highest BCUT2D eigenvalue weighted by molar-refractivity contribution is 5.94. The van der Waals surface area contributed by atoms with Crippen molar-refractivity contribution in [2.24, 2.45) is 0 Å². The van der Waals surface area contributed by atoms with Gasteiger partial charge in [-0.3, -0.25) is 9.69 Å². The van der Waals surface area contributed by atoms with Crippen LogP contribution in [0.3, 0.4) is 0 Å². The van der Waals surface area contributed by atoms with Crippen LogP contribution in [0.15, 0.2) is 42.5 Å². The molecule has 0 aliphatic carbocycles. The Morgan fingerprint density at radius 2 is 2.12 bits per heavy atom. The van der Waals surface area contributed by atoms with E-state index in [0.29, 0.717) is 30.8 Å². The van der Waals surface area contributed by atoms with Crippen molar-refractivity contribution in [2.45, 2.75) is 13.5 Å². The fourth-order valence-electron chi connectivity index (χ4n) is 2.53. The van der Waals surface area contributed by atoms with Crippen LogP contribution in [0.25, 0.3) is 0 Å². The fourth-order valence-corrected chi connectivity index (χ4v) is 2.53. The van der Waals surface area contributed by atoms with Crippen LogP contribution in [0.4, 0.5) is 14.9 Å². The number of hydrogen-bond acceptors (Lipinski definition) is 3. The minimum atomic E-state index is -0.363. The summed E-state index contributed by atoms with van der Waals surface area (Å²) in [4.78, 5) is 25.3. The third-order valence-corrected chi connectivity index (χ3v) is 3.86. The molecule has 0 aromatic heterocycles. The third kappa shape index (κ3) is 3.37. The largest absolute Gasteiger partial charge is 0.447 e. The molecule has 0 bridgehead atoms. The van der Waals surface area contributed by atoms with Gasteiger partial charge in [-0.2, -0.15) is 0 Å². The lowest BCUT2D eigenvalue weighted by Gasteiger charge is -2.14. The second-order valence-corrected chi connectivity index (χ2v) is 5.58. The van der Waals surface area contributed by atoms with Gasteiger partial charge in [0.15, 0.2) is 0 Å². The van der Waals surface area contributed by atoms with Crippen LogP contribution in [0.5, 0.6) is 0 Å². The van der Waals surface area contributed by atoms with Crippen LogP contribution < -0.4 is 10.2 Å². The zero-order valence-corrected chi connectivity index (χ0v) is 13.2. The quantitative estimate of drug-likeness (QED) is 0.938. The number of carbonyl (C=O) groups is 2. The molecule has 5 nitrogen and oxygen atoms in total. The summed E-state index contributed by atoms with van der Waals surface area (Å²) >= 11 is 0. The van der Waals surface area contributed by atoms with Crippen molar-refractivity contribution in [2.75, 3.05) is 18.1 Å². The molecule has 1 aliphatic rings. The number of aryl methyl sites for hydroxylation is 1. The number of nitrogens with zero attached hydrogens (tertiary/aromatic N) is 1. The zero-order chi connectivity index (χ0) is 17.1. The first kappa shape index (κ1) is 16.0. The van der Waals surface area contributed by atoms with E-state index in [1.165, 1.54) is 18.2 Å². The Kier molecular flexibility index (Phi) is 4.46. The third-order valence-electron chi connectivity index (χ3n) is 3.86. The second kappa shape index (κ2) is 6.70. The normalized spacial score (nSPS) is 13.8. The van der Waals surface area contributed by atoms with Crippen LogP contribution in [0.2, 0.25) is 0 Å². The first-order chi connectivity index (χ1) is 11.5. The van der Waals surface area contributed by atoms with E-state index in [9.17, 15) is 14.0 Å². The van der Waals surface area contributed by atoms with E-state index in [-0.39, 0.29) is 17.8 Å². The summed E-state index contributed by atoms with van der Waals surface area (Å²) in [6.07, 6.45) is -0.363. The average Bonchev–Trinajstić information content (AvgIpc) is 3.01. The summed E-state index contributed by atoms with van der Waals surface area (Å²) in [6.45, 7) is 2.82. The molecule has 3 rings (SSSR count). The summed E-state index contributed by atoms with van der Waals surface area (Å²) in [7, 11) is 0. The number of nitrogens with one attached hydrogen (secondary N) is 1. The molecule has 1 aliphatic heterocycles. The maximum absolute atomic E-state index is 13.3.